The summed E-state index contributed by atoms with van der Waals surface area (Å²) >= 11 is 0. The quantitative estimate of drug-likeness (QED) is 0.358. The van der Waals surface area contributed by atoms with Crippen LogP contribution in [0.5, 0.6) is 0 Å². The van der Waals surface area contributed by atoms with E-state index in [2.05, 4.69) is 97.9 Å². The van der Waals surface area contributed by atoms with E-state index >= 15 is 0 Å². The molecule has 0 aromatic heterocycles. The average Bonchev–Trinajstić information content (AvgIpc) is 3.67. The highest BCUT2D eigenvalue weighted by molar-refractivity contribution is 5.17. The molecule has 3 aliphatic heterocycles. The van der Waals surface area contributed by atoms with Gasteiger partial charge in [-0.3, -0.25) is 9.80 Å². The van der Waals surface area contributed by atoms with E-state index in [1.54, 1.807) is 0 Å². The third kappa shape index (κ3) is 9.64. The standard InChI is InChI=1S/C34H54N6/c1-37-19-21-39(22-20-37)29-33(26-31-13-6-3-7-14-31)35-27-32(25-30-11-4-2-5-12-30)36-28-34-15-10-18-40(34)24-23-38-16-8-9-17-38/h2-7,11-14,32-36H,8-10,15-29H2,1H3/t32-,33-,34-/m0/s1. The van der Waals surface area contributed by atoms with Crippen molar-refractivity contribution in [2.75, 3.05) is 85.6 Å². The zero-order valence-corrected chi connectivity index (χ0v) is 25.0. The van der Waals surface area contributed by atoms with Gasteiger partial charge in [0.15, 0.2) is 0 Å². The molecule has 3 saturated heterocycles. The molecule has 0 bridgehead atoms. The van der Waals surface area contributed by atoms with Gasteiger partial charge in [-0.15, -0.1) is 0 Å². The number of hydrogen-bond donors (Lipinski definition) is 2. The van der Waals surface area contributed by atoms with Gasteiger partial charge >= 0.3 is 0 Å². The number of nitrogens with zero attached hydrogens (tertiary/aromatic N) is 4. The van der Waals surface area contributed by atoms with Crippen LogP contribution in [0.4, 0.5) is 0 Å². The van der Waals surface area contributed by atoms with Gasteiger partial charge in [-0.1, -0.05) is 60.7 Å². The molecular formula is C34H54N6. The van der Waals surface area contributed by atoms with Crippen LogP contribution in [0.2, 0.25) is 0 Å². The number of benzene rings is 2. The van der Waals surface area contributed by atoms with Crippen molar-refractivity contribution >= 4 is 0 Å². The van der Waals surface area contributed by atoms with Crippen LogP contribution in [0.25, 0.3) is 0 Å². The Kier molecular flexibility index (Phi) is 11.9. The zero-order valence-electron chi connectivity index (χ0n) is 25.0. The second-order valence-electron chi connectivity index (χ2n) is 12.6. The molecule has 0 unspecified atom stereocenters. The molecule has 2 N–H and O–H groups in total. The number of rotatable bonds is 15. The number of hydrogen-bond acceptors (Lipinski definition) is 6. The predicted octanol–water partition coefficient (Wildman–Crippen LogP) is 3.20. The molecule has 0 amide bonds. The summed E-state index contributed by atoms with van der Waals surface area (Å²) in [4.78, 5) is 10.5. The lowest BCUT2D eigenvalue weighted by atomic mass is 10.0. The fourth-order valence-electron chi connectivity index (χ4n) is 6.87. The van der Waals surface area contributed by atoms with Gasteiger partial charge in [-0.2, -0.15) is 0 Å². The van der Waals surface area contributed by atoms with E-state index in [0.717, 1.165) is 32.5 Å². The molecule has 0 radical (unpaired) electrons. The largest absolute Gasteiger partial charge is 0.311 e. The first-order chi connectivity index (χ1) is 19.7. The Balaban J connectivity index is 1.18. The Morgan fingerprint density at radius 3 is 2.00 bits per heavy atom. The molecule has 220 valence electrons. The second kappa shape index (κ2) is 16.0. The maximum Gasteiger partial charge on any atom is 0.0236 e. The van der Waals surface area contributed by atoms with Crippen LogP contribution in [-0.4, -0.2) is 123 Å². The van der Waals surface area contributed by atoms with Crippen molar-refractivity contribution in [3.05, 3.63) is 71.8 Å². The summed E-state index contributed by atoms with van der Waals surface area (Å²) in [7, 11) is 2.24. The van der Waals surface area contributed by atoms with Crippen molar-refractivity contribution in [1.29, 1.82) is 0 Å². The molecule has 0 saturated carbocycles. The smallest absolute Gasteiger partial charge is 0.0236 e. The van der Waals surface area contributed by atoms with E-state index in [-0.39, 0.29) is 0 Å². The highest BCUT2D eigenvalue weighted by atomic mass is 15.3. The minimum atomic E-state index is 0.425. The summed E-state index contributed by atoms with van der Waals surface area (Å²) < 4.78 is 0. The Morgan fingerprint density at radius 1 is 0.675 bits per heavy atom. The maximum absolute atomic E-state index is 4.06. The molecule has 0 spiro atoms. The number of piperazine rings is 1. The highest BCUT2D eigenvalue weighted by Gasteiger charge is 2.26. The topological polar surface area (TPSA) is 37.0 Å². The monoisotopic (exact) mass is 546 g/mol. The molecule has 6 heteroatoms. The van der Waals surface area contributed by atoms with Crippen LogP contribution in [0, 0.1) is 0 Å². The van der Waals surface area contributed by atoms with Crippen molar-refractivity contribution < 1.29 is 0 Å². The van der Waals surface area contributed by atoms with E-state index < -0.39 is 0 Å². The Morgan fingerprint density at radius 2 is 1.32 bits per heavy atom. The molecule has 0 aliphatic carbocycles. The number of likely N-dealkylation sites (N-methyl/N-ethyl adjacent to an activating group) is 1. The van der Waals surface area contributed by atoms with Gasteiger partial charge in [0.05, 0.1) is 0 Å². The Hall–Kier alpha value is -1.80. The fourth-order valence-corrected chi connectivity index (χ4v) is 6.87. The van der Waals surface area contributed by atoms with Crippen LogP contribution >= 0.6 is 0 Å². The van der Waals surface area contributed by atoms with Gasteiger partial charge < -0.3 is 20.4 Å². The highest BCUT2D eigenvalue weighted by Crippen LogP contribution is 2.18. The fraction of sp³-hybridized carbons (Fsp3) is 0.647. The number of nitrogens with one attached hydrogen (secondary N) is 2. The minimum Gasteiger partial charge on any atom is -0.311 e. The third-order valence-corrected chi connectivity index (χ3v) is 9.42. The molecule has 3 aliphatic rings. The van der Waals surface area contributed by atoms with Gasteiger partial charge in [-0.05, 0) is 76.3 Å². The normalized spacial score (nSPS) is 23.1. The molecule has 6 nitrogen and oxygen atoms in total. The molecule has 5 rings (SSSR count). The second-order valence-corrected chi connectivity index (χ2v) is 12.6. The number of likely N-dealkylation sites (tertiary alicyclic amines) is 2. The van der Waals surface area contributed by atoms with E-state index in [4.69, 9.17) is 0 Å². The summed E-state index contributed by atoms with van der Waals surface area (Å²) in [6.07, 6.45) is 7.61. The first kappa shape index (κ1) is 29.7. The van der Waals surface area contributed by atoms with Crippen LogP contribution in [0.3, 0.4) is 0 Å². The summed E-state index contributed by atoms with van der Waals surface area (Å²) in [5, 5.41) is 8.12. The van der Waals surface area contributed by atoms with E-state index in [0.29, 0.717) is 18.1 Å². The predicted molar refractivity (Wildman–Crippen MR) is 168 cm³/mol. The molecule has 2 aromatic rings. The lowest BCUT2D eigenvalue weighted by molar-refractivity contribution is 0.141. The summed E-state index contributed by atoms with van der Waals surface area (Å²) in [5.41, 5.74) is 2.86. The lowest BCUT2D eigenvalue weighted by Crippen LogP contribution is -2.53. The van der Waals surface area contributed by atoms with E-state index in [9.17, 15) is 0 Å². The molecule has 3 fully saturated rings. The van der Waals surface area contributed by atoms with Crippen LogP contribution in [0.15, 0.2) is 60.7 Å². The van der Waals surface area contributed by atoms with Gasteiger partial charge in [0, 0.05) is 77.0 Å². The first-order valence-corrected chi connectivity index (χ1v) is 16.1. The lowest BCUT2D eigenvalue weighted by Gasteiger charge is -2.35. The molecular weight excluding hydrogens is 492 g/mol. The van der Waals surface area contributed by atoms with Gasteiger partial charge in [0.25, 0.3) is 0 Å². The van der Waals surface area contributed by atoms with Crippen molar-refractivity contribution in [3.63, 3.8) is 0 Å². The Bertz CT molecular complexity index is 941. The van der Waals surface area contributed by atoms with Crippen LogP contribution in [0.1, 0.15) is 36.8 Å². The summed E-state index contributed by atoms with van der Waals surface area (Å²) in [6, 6.07) is 23.7. The van der Waals surface area contributed by atoms with Crippen molar-refractivity contribution in [2.45, 2.75) is 56.7 Å². The van der Waals surface area contributed by atoms with E-state index in [1.165, 1.54) is 95.7 Å². The van der Waals surface area contributed by atoms with Crippen molar-refractivity contribution in [2.24, 2.45) is 0 Å². The molecule has 3 atom stereocenters. The Labute approximate surface area is 244 Å². The summed E-state index contributed by atoms with van der Waals surface area (Å²) in [5.74, 6) is 0. The molecule has 2 aromatic carbocycles. The molecule has 40 heavy (non-hydrogen) atoms. The van der Waals surface area contributed by atoms with Crippen LogP contribution < -0.4 is 10.6 Å². The van der Waals surface area contributed by atoms with Gasteiger partial charge in [0.1, 0.15) is 0 Å². The maximum atomic E-state index is 4.06. The SMILES string of the molecule is CN1CCN(C[C@H](Cc2ccccc2)NC[C@H](Cc2ccccc2)NC[C@@H]2CCCN2CCN2CCCC2)CC1. The minimum absolute atomic E-state index is 0.425. The van der Waals surface area contributed by atoms with Gasteiger partial charge in [-0.25, -0.2) is 0 Å². The van der Waals surface area contributed by atoms with Gasteiger partial charge in [0.2, 0.25) is 0 Å². The zero-order chi connectivity index (χ0) is 27.4. The third-order valence-electron chi connectivity index (χ3n) is 9.42. The molecule has 3 heterocycles. The van der Waals surface area contributed by atoms with E-state index in [1.807, 2.05) is 0 Å². The summed E-state index contributed by atoms with van der Waals surface area (Å²) in [6.45, 7) is 14.3. The average molecular weight is 547 g/mol. The van der Waals surface area contributed by atoms with Crippen molar-refractivity contribution in [3.8, 4) is 0 Å². The van der Waals surface area contributed by atoms with Crippen LogP contribution in [-0.2, 0) is 12.8 Å². The first-order valence-electron chi connectivity index (χ1n) is 16.1. The van der Waals surface area contributed by atoms with Crippen molar-refractivity contribution in [1.82, 2.24) is 30.2 Å².